The van der Waals surface area contributed by atoms with Crippen LogP contribution in [0, 0.1) is 0 Å². The van der Waals surface area contributed by atoms with Gasteiger partial charge in [0.05, 0.1) is 18.8 Å². The molecule has 1 saturated carbocycles. The van der Waals surface area contributed by atoms with Gasteiger partial charge in [-0.1, -0.05) is 50.2 Å². The highest BCUT2D eigenvalue weighted by molar-refractivity contribution is 5.95. The van der Waals surface area contributed by atoms with Crippen molar-refractivity contribution in [3.8, 4) is 5.75 Å². The number of nitrogens with one attached hydrogen (secondary N) is 1. The minimum absolute atomic E-state index is 0.00482. The SMILES string of the molecule is COc1ccccc1NC(=O)[C@@H](C)N(Cc1ccc(C(C)C)cc1)C1CC1. The highest BCUT2D eigenvalue weighted by atomic mass is 16.5. The third kappa shape index (κ3) is 4.89. The third-order valence-electron chi connectivity index (χ3n) is 5.27. The summed E-state index contributed by atoms with van der Waals surface area (Å²) in [5.74, 6) is 1.22. The molecule has 0 unspecified atom stereocenters. The first kappa shape index (κ1) is 19.4. The zero-order valence-corrected chi connectivity index (χ0v) is 16.7. The molecular weight excluding hydrogens is 336 g/mol. The van der Waals surface area contributed by atoms with Crippen LogP contribution >= 0.6 is 0 Å². The fourth-order valence-corrected chi connectivity index (χ4v) is 3.34. The van der Waals surface area contributed by atoms with E-state index in [1.165, 1.54) is 11.1 Å². The lowest BCUT2D eigenvalue weighted by Gasteiger charge is -2.28. The van der Waals surface area contributed by atoms with Crippen LogP contribution in [-0.4, -0.2) is 30.0 Å². The number of para-hydroxylation sites is 2. The number of nitrogens with zero attached hydrogens (tertiary/aromatic N) is 1. The van der Waals surface area contributed by atoms with Crippen molar-refractivity contribution < 1.29 is 9.53 Å². The Morgan fingerprint density at radius 3 is 2.37 bits per heavy atom. The van der Waals surface area contributed by atoms with E-state index in [0.717, 1.165) is 19.4 Å². The van der Waals surface area contributed by atoms with E-state index in [0.29, 0.717) is 23.4 Å². The van der Waals surface area contributed by atoms with E-state index < -0.39 is 0 Å². The molecule has 2 aromatic carbocycles. The lowest BCUT2D eigenvalue weighted by atomic mass is 10.0. The number of hydrogen-bond acceptors (Lipinski definition) is 3. The summed E-state index contributed by atoms with van der Waals surface area (Å²) in [6, 6.07) is 16.6. The molecule has 0 heterocycles. The van der Waals surface area contributed by atoms with E-state index in [2.05, 4.69) is 48.3 Å². The summed E-state index contributed by atoms with van der Waals surface area (Å²) in [7, 11) is 1.62. The second kappa shape index (κ2) is 8.57. The van der Waals surface area contributed by atoms with Gasteiger partial charge in [-0.2, -0.15) is 0 Å². The summed E-state index contributed by atoms with van der Waals surface area (Å²) in [5.41, 5.74) is 3.32. The predicted molar refractivity (Wildman–Crippen MR) is 110 cm³/mol. The first-order valence-electron chi connectivity index (χ1n) is 9.78. The second-order valence-corrected chi connectivity index (χ2v) is 7.67. The van der Waals surface area contributed by atoms with Crippen molar-refractivity contribution in [2.45, 2.75) is 58.2 Å². The highest BCUT2D eigenvalue weighted by Gasteiger charge is 2.35. The third-order valence-corrected chi connectivity index (χ3v) is 5.27. The molecule has 4 heteroatoms. The van der Waals surface area contributed by atoms with E-state index in [9.17, 15) is 4.79 Å². The number of hydrogen-bond donors (Lipinski definition) is 1. The largest absolute Gasteiger partial charge is 0.495 e. The van der Waals surface area contributed by atoms with Crippen LogP contribution in [0.5, 0.6) is 5.75 Å². The quantitative estimate of drug-likeness (QED) is 0.729. The van der Waals surface area contributed by atoms with E-state index in [4.69, 9.17) is 4.74 Å². The minimum atomic E-state index is -0.202. The molecule has 0 aromatic heterocycles. The average molecular weight is 367 g/mol. The Bertz CT molecular complexity index is 766. The first-order valence-corrected chi connectivity index (χ1v) is 9.78. The lowest BCUT2D eigenvalue weighted by molar-refractivity contribution is -0.121. The van der Waals surface area contributed by atoms with Gasteiger partial charge >= 0.3 is 0 Å². The van der Waals surface area contributed by atoms with Crippen molar-refractivity contribution >= 4 is 11.6 Å². The molecule has 1 aliphatic carbocycles. The van der Waals surface area contributed by atoms with E-state index >= 15 is 0 Å². The Morgan fingerprint density at radius 2 is 1.78 bits per heavy atom. The molecule has 0 aliphatic heterocycles. The van der Waals surface area contributed by atoms with Crippen LogP contribution < -0.4 is 10.1 Å². The Labute approximate surface area is 162 Å². The lowest BCUT2D eigenvalue weighted by Crippen LogP contribution is -2.43. The molecule has 0 saturated heterocycles. The van der Waals surface area contributed by atoms with Crippen molar-refractivity contribution in [1.82, 2.24) is 4.90 Å². The molecule has 1 atom stereocenters. The van der Waals surface area contributed by atoms with Crippen molar-refractivity contribution in [2.75, 3.05) is 12.4 Å². The van der Waals surface area contributed by atoms with Gasteiger partial charge in [0.1, 0.15) is 5.75 Å². The normalized spacial score (nSPS) is 15.0. The highest BCUT2D eigenvalue weighted by Crippen LogP contribution is 2.31. The predicted octanol–water partition coefficient (Wildman–Crippen LogP) is 4.81. The Hall–Kier alpha value is -2.33. The number of rotatable bonds is 8. The van der Waals surface area contributed by atoms with Crippen molar-refractivity contribution in [2.24, 2.45) is 0 Å². The van der Waals surface area contributed by atoms with E-state index in [1.807, 2.05) is 31.2 Å². The zero-order valence-electron chi connectivity index (χ0n) is 16.7. The van der Waals surface area contributed by atoms with Gasteiger partial charge < -0.3 is 10.1 Å². The van der Waals surface area contributed by atoms with Gasteiger partial charge in [0, 0.05) is 12.6 Å². The fourth-order valence-electron chi connectivity index (χ4n) is 3.34. The molecular formula is C23H30N2O2. The van der Waals surface area contributed by atoms with Gasteiger partial charge in [-0.25, -0.2) is 0 Å². The number of benzene rings is 2. The molecule has 144 valence electrons. The summed E-state index contributed by atoms with van der Waals surface area (Å²) < 4.78 is 5.34. The molecule has 1 fully saturated rings. The van der Waals surface area contributed by atoms with Crippen LogP contribution in [-0.2, 0) is 11.3 Å². The molecule has 1 N–H and O–H groups in total. The second-order valence-electron chi connectivity index (χ2n) is 7.67. The van der Waals surface area contributed by atoms with Gasteiger partial charge in [0.15, 0.2) is 0 Å². The summed E-state index contributed by atoms with van der Waals surface area (Å²) in [6.07, 6.45) is 2.33. The van der Waals surface area contributed by atoms with Gasteiger partial charge in [-0.05, 0) is 48.9 Å². The monoisotopic (exact) mass is 366 g/mol. The van der Waals surface area contributed by atoms with Crippen LogP contribution in [0.15, 0.2) is 48.5 Å². The average Bonchev–Trinajstić information content (AvgIpc) is 3.51. The standard InChI is InChI=1S/C23H30N2O2/c1-16(2)19-11-9-18(10-12-19)15-25(20-13-14-20)17(3)23(26)24-21-7-5-6-8-22(21)27-4/h5-12,16-17,20H,13-15H2,1-4H3,(H,24,26)/t17-/m1/s1. The number of carbonyl (C=O) groups excluding carboxylic acids is 1. The number of methoxy groups -OCH3 is 1. The minimum Gasteiger partial charge on any atom is -0.495 e. The molecule has 3 rings (SSSR count). The van der Waals surface area contributed by atoms with Crippen molar-refractivity contribution in [3.05, 3.63) is 59.7 Å². The molecule has 1 aliphatic rings. The van der Waals surface area contributed by atoms with Crippen LogP contribution in [0.2, 0.25) is 0 Å². The maximum Gasteiger partial charge on any atom is 0.241 e. The van der Waals surface area contributed by atoms with Crippen LogP contribution in [0.25, 0.3) is 0 Å². The summed E-state index contributed by atoms with van der Waals surface area (Å²) >= 11 is 0. The summed E-state index contributed by atoms with van der Waals surface area (Å²) in [5, 5.41) is 3.03. The maximum atomic E-state index is 12.9. The molecule has 2 aromatic rings. The van der Waals surface area contributed by atoms with Gasteiger partial charge in [-0.15, -0.1) is 0 Å². The number of carbonyl (C=O) groups is 1. The maximum absolute atomic E-state index is 12.9. The summed E-state index contributed by atoms with van der Waals surface area (Å²) in [6.45, 7) is 7.20. The molecule has 0 radical (unpaired) electrons. The molecule has 4 nitrogen and oxygen atoms in total. The van der Waals surface area contributed by atoms with Gasteiger partial charge in [-0.3, -0.25) is 9.69 Å². The van der Waals surface area contributed by atoms with E-state index in [1.54, 1.807) is 7.11 Å². The molecule has 0 bridgehead atoms. The van der Waals surface area contributed by atoms with Crippen molar-refractivity contribution in [1.29, 1.82) is 0 Å². The Morgan fingerprint density at radius 1 is 1.11 bits per heavy atom. The van der Waals surface area contributed by atoms with Gasteiger partial charge in [0.25, 0.3) is 0 Å². The van der Waals surface area contributed by atoms with Crippen LogP contribution in [0.3, 0.4) is 0 Å². The topological polar surface area (TPSA) is 41.6 Å². The van der Waals surface area contributed by atoms with E-state index in [-0.39, 0.29) is 11.9 Å². The van der Waals surface area contributed by atoms with Crippen LogP contribution in [0.4, 0.5) is 5.69 Å². The summed E-state index contributed by atoms with van der Waals surface area (Å²) in [4.78, 5) is 15.2. The zero-order chi connectivity index (χ0) is 19.4. The Kier molecular flexibility index (Phi) is 6.17. The van der Waals surface area contributed by atoms with Crippen molar-refractivity contribution in [3.63, 3.8) is 0 Å². The molecule has 0 spiro atoms. The van der Waals surface area contributed by atoms with Crippen LogP contribution in [0.1, 0.15) is 50.7 Å². The Balaban J connectivity index is 1.69. The smallest absolute Gasteiger partial charge is 0.241 e. The molecule has 1 amide bonds. The van der Waals surface area contributed by atoms with Gasteiger partial charge in [0.2, 0.25) is 5.91 Å². The number of anilines is 1. The fraction of sp³-hybridized carbons (Fsp3) is 0.435. The number of amides is 1. The first-order chi connectivity index (χ1) is 13.0. The number of ether oxygens (including phenoxy) is 1. The molecule has 27 heavy (non-hydrogen) atoms.